The zero-order valence-electron chi connectivity index (χ0n) is 11.1. The lowest BCUT2D eigenvalue weighted by Crippen LogP contribution is -1.89. The van der Waals surface area contributed by atoms with Gasteiger partial charge in [-0.25, -0.2) is 0 Å². The summed E-state index contributed by atoms with van der Waals surface area (Å²) in [4.78, 5) is 0. The average molecular weight is 296 g/mol. The number of hydrogen-bond donors (Lipinski definition) is 0. The van der Waals surface area contributed by atoms with Crippen molar-refractivity contribution in [2.45, 2.75) is 26.7 Å². The largest absolute Gasteiger partial charge is 0.360 e. The summed E-state index contributed by atoms with van der Waals surface area (Å²) in [6.45, 7) is 6.08. The van der Waals surface area contributed by atoms with Crippen LogP contribution in [0.1, 0.15) is 38.0 Å². The summed E-state index contributed by atoms with van der Waals surface area (Å²) in [5, 5.41) is 5.30. The number of allylic oxidation sites excluding steroid dienone is 1. The zero-order valence-corrected chi connectivity index (χ0v) is 12.6. The Morgan fingerprint density at radius 2 is 1.84 bits per heavy atom. The normalized spacial score (nSPS) is 11.7. The second-order valence-electron chi connectivity index (χ2n) is 4.56. The topological polar surface area (TPSA) is 26.0 Å². The molecule has 0 fully saturated rings. The van der Waals surface area contributed by atoms with Crippen LogP contribution < -0.4 is 0 Å². The maximum Gasteiger partial charge on any atom is 0.147 e. The molecule has 4 heteroatoms. The van der Waals surface area contributed by atoms with Crippen LogP contribution in [-0.4, -0.2) is 5.16 Å². The van der Waals surface area contributed by atoms with Gasteiger partial charge in [0.1, 0.15) is 11.5 Å². The first-order valence-corrected chi connectivity index (χ1v) is 6.88. The van der Waals surface area contributed by atoms with Gasteiger partial charge in [0.05, 0.1) is 10.0 Å². The van der Waals surface area contributed by atoms with E-state index in [1.165, 1.54) is 0 Å². The molecule has 0 bridgehead atoms. The number of halogens is 2. The molecule has 2 rings (SSSR count). The number of benzene rings is 1. The quantitative estimate of drug-likeness (QED) is 0.714. The SMILES string of the molecule is C/C=C/c1c(-c2c(Cl)cccc2Cl)noc1C(C)C. The highest BCUT2D eigenvalue weighted by molar-refractivity contribution is 6.39. The molecule has 0 atom stereocenters. The van der Waals surface area contributed by atoms with Crippen LogP contribution in [0.5, 0.6) is 0 Å². The van der Waals surface area contributed by atoms with E-state index in [2.05, 4.69) is 19.0 Å². The fourth-order valence-electron chi connectivity index (χ4n) is 1.96. The van der Waals surface area contributed by atoms with Gasteiger partial charge in [0, 0.05) is 17.0 Å². The maximum atomic E-state index is 6.23. The van der Waals surface area contributed by atoms with E-state index in [0.29, 0.717) is 15.7 Å². The van der Waals surface area contributed by atoms with E-state index in [9.17, 15) is 0 Å². The van der Waals surface area contributed by atoms with Crippen LogP contribution >= 0.6 is 23.2 Å². The van der Waals surface area contributed by atoms with Crippen molar-refractivity contribution >= 4 is 29.3 Å². The molecule has 19 heavy (non-hydrogen) atoms. The summed E-state index contributed by atoms with van der Waals surface area (Å²) in [5.74, 6) is 1.08. The van der Waals surface area contributed by atoms with Gasteiger partial charge in [-0.05, 0) is 19.1 Å². The van der Waals surface area contributed by atoms with Crippen LogP contribution in [0.15, 0.2) is 28.8 Å². The molecule has 0 saturated carbocycles. The van der Waals surface area contributed by atoms with Crippen molar-refractivity contribution in [2.75, 3.05) is 0 Å². The molecule has 0 aliphatic rings. The summed E-state index contributed by atoms with van der Waals surface area (Å²) < 4.78 is 5.46. The second-order valence-corrected chi connectivity index (χ2v) is 5.37. The van der Waals surface area contributed by atoms with E-state index in [1.54, 1.807) is 12.1 Å². The zero-order chi connectivity index (χ0) is 14.0. The van der Waals surface area contributed by atoms with E-state index in [4.69, 9.17) is 27.7 Å². The maximum absolute atomic E-state index is 6.23. The van der Waals surface area contributed by atoms with Crippen molar-refractivity contribution in [3.63, 3.8) is 0 Å². The summed E-state index contributed by atoms with van der Waals surface area (Å²) in [6, 6.07) is 5.41. The predicted molar refractivity (Wildman–Crippen MR) is 80.8 cm³/mol. The summed E-state index contributed by atoms with van der Waals surface area (Å²) in [6.07, 6.45) is 3.92. The fraction of sp³-hybridized carbons (Fsp3) is 0.267. The third-order valence-corrected chi connectivity index (χ3v) is 3.44. The van der Waals surface area contributed by atoms with E-state index < -0.39 is 0 Å². The van der Waals surface area contributed by atoms with Crippen molar-refractivity contribution in [3.05, 3.63) is 45.6 Å². The van der Waals surface area contributed by atoms with E-state index in [0.717, 1.165) is 16.9 Å². The highest BCUT2D eigenvalue weighted by Gasteiger charge is 2.21. The first kappa shape index (κ1) is 14.2. The first-order valence-electron chi connectivity index (χ1n) is 6.13. The monoisotopic (exact) mass is 295 g/mol. The van der Waals surface area contributed by atoms with E-state index in [-0.39, 0.29) is 5.92 Å². The first-order chi connectivity index (χ1) is 9.06. The molecule has 0 aliphatic heterocycles. The van der Waals surface area contributed by atoms with Gasteiger partial charge >= 0.3 is 0 Å². The van der Waals surface area contributed by atoms with Crippen LogP contribution in [0, 0.1) is 0 Å². The Kier molecular flexibility index (Phi) is 4.33. The van der Waals surface area contributed by atoms with Crippen molar-refractivity contribution in [2.24, 2.45) is 0 Å². The summed E-state index contributed by atoms with van der Waals surface area (Å²) in [5.41, 5.74) is 2.35. The molecule has 0 unspecified atom stereocenters. The molecular weight excluding hydrogens is 281 g/mol. The lowest BCUT2D eigenvalue weighted by atomic mass is 10.0. The minimum Gasteiger partial charge on any atom is -0.360 e. The minimum atomic E-state index is 0.244. The molecule has 2 nitrogen and oxygen atoms in total. The number of nitrogens with zero attached hydrogens (tertiary/aromatic N) is 1. The number of hydrogen-bond acceptors (Lipinski definition) is 2. The molecule has 1 aromatic carbocycles. The molecule has 0 radical (unpaired) electrons. The molecule has 0 amide bonds. The molecule has 1 heterocycles. The molecule has 1 aromatic heterocycles. The highest BCUT2D eigenvalue weighted by atomic mass is 35.5. The average Bonchev–Trinajstić information content (AvgIpc) is 2.73. The van der Waals surface area contributed by atoms with Crippen LogP contribution in [-0.2, 0) is 0 Å². The Bertz CT molecular complexity index is 594. The molecule has 0 saturated heterocycles. The number of rotatable bonds is 3. The van der Waals surface area contributed by atoms with Gasteiger partial charge in [-0.1, -0.05) is 60.4 Å². The molecular formula is C15H15Cl2NO. The third kappa shape index (κ3) is 2.70. The lowest BCUT2D eigenvalue weighted by molar-refractivity contribution is 0.372. The summed E-state index contributed by atoms with van der Waals surface area (Å²) in [7, 11) is 0. The van der Waals surface area contributed by atoms with Crippen LogP contribution in [0.25, 0.3) is 17.3 Å². The smallest absolute Gasteiger partial charge is 0.147 e. The molecule has 100 valence electrons. The van der Waals surface area contributed by atoms with Gasteiger partial charge in [-0.2, -0.15) is 0 Å². The van der Waals surface area contributed by atoms with E-state index in [1.807, 2.05) is 25.1 Å². The summed E-state index contributed by atoms with van der Waals surface area (Å²) >= 11 is 12.5. The lowest BCUT2D eigenvalue weighted by Gasteiger charge is -2.05. The molecule has 2 aromatic rings. The van der Waals surface area contributed by atoms with Gasteiger partial charge in [0.25, 0.3) is 0 Å². The number of aromatic nitrogens is 1. The molecule has 0 aliphatic carbocycles. The van der Waals surface area contributed by atoms with E-state index >= 15 is 0 Å². The predicted octanol–water partition coefficient (Wildman–Crippen LogP) is 5.80. The third-order valence-electron chi connectivity index (χ3n) is 2.81. The van der Waals surface area contributed by atoms with Crippen LogP contribution in [0.2, 0.25) is 10.0 Å². The Balaban J connectivity index is 2.69. The van der Waals surface area contributed by atoms with Crippen molar-refractivity contribution < 1.29 is 4.52 Å². The Hall–Kier alpha value is -1.25. The van der Waals surface area contributed by atoms with Crippen molar-refractivity contribution in [1.82, 2.24) is 5.16 Å². The van der Waals surface area contributed by atoms with Gasteiger partial charge in [0.15, 0.2) is 0 Å². The molecule has 0 spiro atoms. The van der Waals surface area contributed by atoms with Gasteiger partial charge in [-0.15, -0.1) is 0 Å². The highest BCUT2D eigenvalue weighted by Crippen LogP contribution is 2.38. The standard InChI is InChI=1S/C15H15Cl2NO/c1-4-6-10-14(18-19-15(10)9(2)3)13-11(16)7-5-8-12(13)17/h4-9H,1-3H3/b6-4+. The van der Waals surface area contributed by atoms with Gasteiger partial charge in [-0.3, -0.25) is 0 Å². The van der Waals surface area contributed by atoms with Gasteiger partial charge < -0.3 is 4.52 Å². The van der Waals surface area contributed by atoms with Crippen LogP contribution in [0.3, 0.4) is 0 Å². The van der Waals surface area contributed by atoms with Crippen LogP contribution in [0.4, 0.5) is 0 Å². The van der Waals surface area contributed by atoms with Crippen molar-refractivity contribution in [3.8, 4) is 11.3 Å². The molecule has 0 N–H and O–H groups in total. The fourth-order valence-corrected chi connectivity index (χ4v) is 2.53. The van der Waals surface area contributed by atoms with Gasteiger partial charge in [0.2, 0.25) is 0 Å². The Morgan fingerprint density at radius 1 is 1.21 bits per heavy atom. The Morgan fingerprint density at radius 3 is 2.37 bits per heavy atom. The Labute approximate surface area is 123 Å². The second kappa shape index (κ2) is 5.81. The minimum absolute atomic E-state index is 0.244. The van der Waals surface area contributed by atoms with Crippen molar-refractivity contribution in [1.29, 1.82) is 0 Å².